The van der Waals surface area contributed by atoms with Crippen LogP contribution < -0.4 is 14.4 Å². The molecule has 4 aromatic rings. The van der Waals surface area contributed by atoms with Crippen molar-refractivity contribution in [3.63, 3.8) is 0 Å². The second kappa shape index (κ2) is 9.08. The van der Waals surface area contributed by atoms with Gasteiger partial charge in [-0.25, -0.2) is 13.4 Å². The summed E-state index contributed by atoms with van der Waals surface area (Å²) >= 11 is 1.35. The first kappa shape index (κ1) is 22.4. The molecule has 0 radical (unpaired) electrons. The molecule has 2 heterocycles. The predicted octanol–water partition coefficient (Wildman–Crippen LogP) is 5.09. The summed E-state index contributed by atoms with van der Waals surface area (Å²) in [4.78, 5) is 17.4. The molecule has 0 fully saturated rings. The van der Waals surface area contributed by atoms with E-state index in [1.165, 1.54) is 39.9 Å². The number of aromatic nitrogens is 1. The number of hydrogen-bond donors (Lipinski definition) is 1. The molecule has 0 saturated carbocycles. The van der Waals surface area contributed by atoms with Crippen LogP contribution >= 0.6 is 11.3 Å². The Bertz CT molecular complexity index is 1460. The number of anilines is 2. The van der Waals surface area contributed by atoms with Crippen LogP contribution in [0.1, 0.15) is 29.3 Å². The number of carbonyl (C=O) groups is 1. The molecule has 0 aliphatic carbocycles. The smallest absolute Gasteiger partial charge is 0.264 e. The maximum Gasteiger partial charge on any atom is 0.264 e. The minimum atomic E-state index is -3.72. The molecule has 0 spiro atoms. The fraction of sp³-hybridized carbons (Fsp3) is 0.200. The van der Waals surface area contributed by atoms with E-state index in [0.717, 1.165) is 40.1 Å². The Morgan fingerprint density at radius 2 is 1.91 bits per heavy atom. The first-order valence-electron chi connectivity index (χ1n) is 11.0. The van der Waals surface area contributed by atoms with Crippen molar-refractivity contribution in [2.24, 2.45) is 0 Å². The number of thiazole rings is 1. The van der Waals surface area contributed by atoms with Crippen LogP contribution in [-0.4, -0.2) is 32.5 Å². The van der Waals surface area contributed by atoms with E-state index in [9.17, 15) is 13.2 Å². The van der Waals surface area contributed by atoms with Gasteiger partial charge in [-0.05, 0) is 73.9 Å². The van der Waals surface area contributed by atoms with Crippen molar-refractivity contribution in [1.82, 2.24) is 4.98 Å². The molecule has 1 N–H and O–H groups in total. The van der Waals surface area contributed by atoms with Gasteiger partial charge < -0.3 is 4.74 Å². The quantitative estimate of drug-likeness (QED) is 0.404. The minimum absolute atomic E-state index is 0.157. The lowest BCUT2D eigenvalue weighted by molar-refractivity contribution is 0.102. The van der Waals surface area contributed by atoms with E-state index in [1.54, 1.807) is 0 Å². The van der Waals surface area contributed by atoms with Gasteiger partial charge >= 0.3 is 0 Å². The van der Waals surface area contributed by atoms with Gasteiger partial charge in [-0.1, -0.05) is 29.5 Å². The standard InChI is InChI=1S/C25H23N3O4S2/c1-2-32-19-11-14-21-23(16-19)33-25(26-21)27-24(29)18-9-12-20(13-10-18)34(30,31)28-15-5-7-17-6-3-4-8-22(17)28/h3-4,6,8-14,16H,2,5,7,15H2,1H3,(H,26,27,29). The summed E-state index contributed by atoms with van der Waals surface area (Å²) < 4.78 is 34.5. The van der Waals surface area contributed by atoms with E-state index in [1.807, 2.05) is 49.4 Å². The third kappa shape index (κ3) is 4.24. The van der Waals surface area contributed by atoms with Crippen LogP contribution in [-0.2, 0) is 16.4 Å². The molecule has 5 rings (SSSR count). The van der Waals surface area contributed by atoms with Crippen LogP contribution in [0.25, 0.3) is 10.2 Å². The van der Waals surface area contributed by atoms with Crippen LogP contribution in [0.15, 0.2) is 71.6 Å². The normalized spacial score (nSPS) is 13.5. The summed E-state index contributed by atoms with van der Waals surface area (Å²) in [6, 6.07) is 19.2. The number of nitrogens with one attached hydrogen (secondary N) is 1. The number of amides is 1. The Hall–Kier alpha value is -3.43. The number of para-hydroxylation sites is 1. The molecule has 9 heteroatoms. The van der Waals surface area contributed by atoms with Crippen molar-refractivity contribution in [3.8, 4) is 5.75 Å². The molecule has 34 heavy (non-hydrogen) atoms. The molecule has 0 saturated heterocycles. The number of rotatable bonds is 6. The number of carbonyl (C=O) groups excluding carboxylic acids is 1. The average Bonchev–Trinajstić information content (AvgIpc) is 3.25. The average molecular weight is 494 g/mol. The summed E-state index contributed by atoms with van der Waals surface area (Å²) in [5.74, 6) is 0.404. The van der Waals surface area contributed by atoms with Gasteiger partial charge in [0.2, 0.25) is 0 Å². The fourth-order valence-electron chi connectivity index (χ4n) is 4.04. The van der Waals surface area contributed by atoms with Crippen molar-refractivity contribution in [3.05, 3.63) is 77.9 Å². The van der Waals surface area contributed by atoms with Crippen molar-refractivity contribution in [2.75, 3.05) is 22.8 Å². The van der Waals surface area contributed by atoms with Gasteiger partial charge in [0.05, 0.1) is 27.4 Å². The topological polar surface area (TPSA) is 88.6 Å². The number of aryl methyl sites for hydroxylation is 1. The van der Waals surface area contributed by atoms with Crippen molar-refractivity contribution in [2.45, 2.75) is 24.7 Å². The van der Waals surface area contributed by atoms with Crippen LogP contribution in [0.4, 0.5) is 10.8 Å². The van der Waals surface area contributed by atoms with Crippen molar-refractivity contribution >= 4 is 48.3 Å². The zero-order valence-corrected chi connectivity index (χ0v) is 20.2. The fourth-order valence-corrected chi connectivity index (χ4v) is 6.47. The van der Waals surface area contributed by atoms with E-state index in [0.29, 0.717) is 23.8 Å². The number of fused-ring (bicyclic) bond motifs is 2. The highest BCUT2D eigenvalue weighted by molar-refractivity contribution is 7.92. The molecule has 7 nitrogen and oxygen atoms in total. The SMILES string of the molecule is CCOc1ccc2nc(NC(=O)c3ccc(S(=O)(=O)N4CCCc5ccccc54)cc3)sc2c1. The van der Waals surface area contributed by atoms with E-state index >= 15 is 0 Å². The summed E-state index contributed by atoms with van der Waals surface area (Å²) in [5, 5.41) is 3.27. The molecular weight excluding hydrogens is 470 g/mol. The monoisotopic (exact) mass is 493 g/mol. The Morgan fingerprint density at radius 3 is 2.71 bits per heavy atom. The van der Waals surface area contributed by atoms with Gasteiger partial charge in [0.15, 0.2) is 5.13 Å². The van der Waals surface area contributed by atoms with Crippen molar-refractivity contribution in [1.29, 1.82) is 0 Å². The van der Waals surface area contributed by atoms with Gasteiger partial charge in [0.1, 0.15) is 5.75 Å². The maximum atomic E-state index is 13.3. The lowest BCUT2D eigenvalue weighted by atomic mass is 10.0. The molecule has 0 unspecified atom stereocenters. The Labute approximate surface area is 202 Å². The van der Waals surface area contributed by atoms with Gasteiger partial charge in [-0.15, -0.1) is 0 Å². The third-order valence-corrected chi connectivity index (χ3v) is 8.42. The molecule has 1 aliphatic rings. The highest BCUT2D eigenvalue weighted by atomic mass is 32.2. The summed E-state index contributed by atoms with van der Waals surface area (Å²) in [6.45, 7) is 2.93. The molecule has 1 amide bonds. The molecule has 0 bridgehead atoms. The molecule has 174 valence electrons. The minimum Gasteiger partial charge on any atom is -0.494 e. The van der Waals surface area contributed by atoms with Gasteiger partial charge in [-0.2, -0.15) is 0 Å². The van der Waals surface area contributed by atoms with E-state index in [4.69, 9.17) is 4.74 Å². The number of sulfonamides is 1. The predicted molar refractivity (Wildman–Crippen MR) is 134 cm³/mol. The molecule has 0 atom stereocenters. The highest BCUT2D eigenvalue weighted by Crippen LogP contribution is 2.32. The van der Waals surface area contributed by atoms with E-state index in [-0.39, 0.29) is 10.8 Å². The summed E-state index contributed by atoms with van der Waals surface area (Å²) in [7, 11) is -3.72. The second-order valence-electron chi connectivity index (χ2n) is 7.87. The Balaban J connectivity index is 1.34. The summed E-state index contributed by atoms with van der Waals surface area (Å²) in [5.41, 5.74) is 2.87. The largest absolute Gasteiger partial charge is 0.494 e. The van der Waals surface area contributed by atoms with Crippen molar-refractivity contribution < 1.29 is 17.9 Å². The van der Waals surface area contributed by atoms with Crippen LogP contribution in [0.5, 0.6) is 5.75 Å². The first-order chi connectivity index (χ1) is 16.5. The third-order valence-electron chi connectivity index (χ3n) is 5.66. The second-order valence-corrected chi connectivity index (χ2v) is 10.8. The van der Waals surface area contributed by atoms with Crippen LogP contribution in [0, 0.1) is 0 Å². The highest BCUT2D eigenvalue weighted by Gasteiger charge is 2.29. The summed E-state index contributed by atoms with van der Waals surface area (Å²) in [6.07, 6.45) is 1.63. The lowest BCUT2D eigenvalue weighted by Gasteiger charge is -2.30. The Kier molecular flexibility index (Phi) is 5.97. The maximum absolute atomic E-state index is 13.3. The first-order valence-corrected chi connectivity index (χ1v) is 13.3. The van der Waals surface area contributed by atoms with Gasteiger partial charge in [-0.3, -0.25) is 14.4 Å². The van der Waals surface area contributed by atoms with Gasteiger partial charge in [0.25, 0.3) is 15.9 Å². The number of ether oxygens (including phenoxy) is 1. The molecule has 1 aliphatic heterocycles. The molecular formula is C25H23N3O4S2. The zero-order chi connectivity index (χ0) is 23.7. The van der Waals surface area contributed by atoms with E-state index < -0.39 is 10.0 Å². The van der Waals surface area contributed by atoms with Gasteiger partial charge in [0, 0.05) is 12.1 Å². The molecule has 3 aromatic carbocycles. The zero-order valence-electron chi connectivity index (χ0n) is 18.5. The lowest BCUT2D eigenvalue weighted by Crippen LogP contribution is -2.35. The Morgan fingerprint density at radius 1 is 1.12 bits per heavy atom. The number of hydrogen-bond acceptors (Lipinski definition) is 6. The number of nitrogens with zero attached hydrogens (tertiary/aromatic N) is 2. The number of benzene rings is 3. The van der Waals surface area contributed by atoms with Crippen LogP contribution in [0.2, 0.25) is 0 Å². The molecule has 1 aromatic heterocycles. The van der Waals surface area contributed by atoms with E-state index in [2.05, 4.69) is 10.3 Å². The van der Waals surface area contributed by atoms with Crippen LogP contribution in [0.3, 0.4) is 0 Å².